The molecule has 1 unspecified atom stereocenters. The van der Waals surface area contributed by atoms with Crippen LogP contribution in [0.5, 0.6) is 0 Å². The van der Waals surface area contributed by atoms with E-state index in [9.17, 15) is 4.39 Å². The molecule has 0 aliphatic carbocycles. The number of halogens is 1. The number of nitrogens with one attached hydrogen (secondary N) is 1. The molecule has 2 nitrogen and oxygen atoms in total. The zero-order chi connectivity index (χ0) is 12.3. The molecule has 2 aromatic rings. The van der Waals surface area contributed by atoms with E-state index in [0.29, 0.717) is 11.3 Å². The van der Waals surface area contributed by atoms with Gasteiger partial charge in [0, 0.05) is 12.4 Å². The van der Waals surface area contributed by atoms with Crippen LogP contribution < -0.4 is 5.32 Å². The van der Waals surface area contributed by atoms with E-state index >= 15 is 0 Å². The van der Waals surface area contributed by atoms with Crippen molar-refractivity contribution in [2.75, 3.05) is 5.32 Å². The monoisotopic (exact) mass is 230 g/mol. The predicted octanol–water partition coefficient (Wildman–Crippen LogP) is 3.70. The van der Waals surface area contributed by atoms with Gasteiger partial charge >= 0.3 is 0 Å². The Kier molecular flexibility index (Phi) is 3.38. The van der Waals surface area contributed by atoms with Crippen molar-refractivity contribution < 1.29 is 4.39 Å². The van der Waals surface area contributed by atoms with Gasteiger partial charge in [-0.1, -0.05) is 18.2 Å². The largest absolute Gasteiger partial charge is 0.376 e. The van der Waals surface area contributed by atoms with Crippen LogP contribution >= 0.6 is 0 Å². The summed E-state index contributed by atoms with van der Waals surface area (Å²) in [6.45, 7) is 3.74. The average molecular weight is 230 g/mol. The van der Waals surface area contributed by atoms with Gasteiger partial charge in [0.15, 0.2) is 0 Å². The van der Waals surface area contributed by atoms with E-state index < -0.39 is 0 Å². The number of aromatic nitrogens is 1. The minimum absolute atomic E-state index is 0.0278. The van der Waals surface area contributed by atoms with Gasteiger partial charge in [-0.15, -0.1) is 0 Å². The third kappa shape index (κ3) is 2.61. The van der Waals surface area contributed by atoms with Crippen LogP contribution in [0.1, 0.15) is 24.1 Å². The number of nitrogens with zero attached hydrogens (tertiary/aromatic N) is 1. The first-order valence-corrected chi connectivity index (χ1v) is 5.60. The number of aryl methyl sites for hydroxylation is 1. The summed E-state index contributed by atoms with van der Waals surface area (Å²) in [4.78, 5) is 4.05. The summed E-state index contributed by atoms with van der Waals surface area (Å²) in [5.41, 5.74) is 2.21. The third-order valence-corrected chi connectivity index (χ3v) is 2.75. The smallest absolute Gasteiger partial charge is 0.149 e. The topological polar surface area (TPSA) is 24.9 Å². The molecule has 0 saturated heterocycles. The molecule has 2 rings (SSSR count). The van der Waals surface area contributed by atoms with Crippen molar-refractivity contribution in [3.8, 4) is 0 Å². The molecule has 1 N–H and O–H groups in total. The first kappa shape index (κ1) is 11.6. The number of rotatable bonds is 3. The maximum absolute atomic E-state index is 13.8. The molecular weight excluding hydrogens is 215 g/mol. The summed E-state index contributed by atoms with van der Waals surface area (Å²) in [5, 5.41) is 3.15. The van der Waals surface area contributed by atoms with Gasteiger partial charge < -0.3 is 5.32 Å². The summed E-state index contributed by atoms with van der Waals surface area (Å²) in [6, 6.07) is 9.22. The lowest BCUT2D eigenvalue weighted by atomic mass is 10.1. The molecule has 0 radical (unpaired) electrons. The maximum Gasteiger partial charge on any atom is 0.149 e. The summed E-state index contributed by atoms with van der Waals surface area (Å²) in [7, 11) is 0. The molecule has 1 aromatic carbocycles. The van der Waals surface area contributed by atoms with Gasteiger partial charge in [-0.25, -0.2) is 4.39 Å². The second kappa shape index (κ2) is 4.95. The summed E-state index contributed by atoms with van der Waals surface area (Å²) < 4.78 is 13.8. The highest BCUT2D eigenvalue weighted by molar-refractivity contribution is 5.49. The fourth-order valence-electron chi connectivity index (χ4n) is 1.71. The summed E-state index contributed by atoms with van der Waals surface area (Å²) >= 11 is 0. The molecule has 1 atom stereocenters. The van der Waals surface area contributed by atoms with E-state index in [1.54, 1.807) is 31.5 Å². The SMILES string of the molecule is Cc1cccc(NC(C)c2cccnc2)c1F. The van der Waals surface area contributed by atoms with Crippen molar-refractivity contribution in [2.24, 2.45) is 0 Å². The van der Waals surface area contributed by atoms with Gasteiger partial charge in [0.1, 0.15) is 5.82 Å². The average Bonchev–Trinajstić information content (AvgIpc) is 2.36. The second-order valence-electron chi connectivity index (χ2n) is 4.09. The van der Waals surface area contributed by atoms with Gasteiger partial charge in [0.05, 0.1) is 11.7 Å². The van der Waals surface area contributed by atoms with Gasteiger partial charge in [-0.3, -0.25) is 4.98 Å². The number of hydrogen-bond acceptors (Lipinski definition) is 2. The molecule has 0 saturated carbocycles. The molecule has 1 heterocycles. The zero-order valence-corrected chi connectivity index (χ0v) is 9.94. The highest BCUT2D eigenvalue weighted by Gasteiger charge is 2.09. The van der Waals surface area contributed by atoms with Gasteiger partial charge in [-0.2, -0.15) is 0 Å². The van der Waals surface area contributed by atoms with E-state index in [4.69, 9.17) is 0 Å². The molecule has 0 aliphatic heterocycles. The number of pyridine rings is 1. The molecule has 0 fully saturated rings. The standard InChI is InChI=1S/C14H15FN2/c1-10-5-3-7-13(14(10)15)17-11(2)12-6-4-8-16-9-12/h3-9,11,17H,1-2H3. The molecule has 17 heavy (non-hydrogen) atoms. The fourth-order valence-corrected chi connectivity index (χ4v) is 1.71. The van der Waals surface area contributed by atoms with Crippen LogP contribution in [-0.4, -0.2) is 4.98 Å². The van der Waals surface area contributed by atoms with E-state index in [2.05, 4.69) is 10.3 Å². The molecule has 0 bridgehead atoms. The molecule has 88 valence electrons. The van der Waals surface area contributed by atoms with Gasteiger partial charge in [-0.05, 0) is 37.1 Å². The number of benzene rings is 1. The van der Waals surface area contributed by atoms with Crippen molar-refractivity contribution >= 4 is 5.69 Å². The van der Waals surface area contributed by atoms with E-state index in [1.165, 1.54) is 0 Å². The lowest BCUT2D eigenvalue weighted by Crippen LogP contribution is -2.08. The van der Waals surface area contributed by atoms with Crippen molar-refractivity contribution in [1.82, 2.24) is 4.98 Å². The number of anilines is 1. The fraction of sp³-hybridized carbons (Fsp3) is 0.214. The normalized spacial score (nSPS) is 12.2. The number of hydrogen-bond donors (Lipinski definition) is 1. The summed E-state index contributed by atoms with van der Waals surface area (Å²) in [6.07, 6.45) is 3.51. The molecule has 1 aromatic heterocycles. The highest BCUT2D eigenvalue weighted by Crippen LogP contribution is 2.22. The zero-order valence-electron chi connectivity index (χ0n) is 9.94. The van der Waals surface area contributed by atoms with Crippen molar-refractivity contribution in [3.05, 3.63) is 59.7 Å². The third-order valence-electron chi connectivity index (χ3n) is 2.75. The Morgan fingerprint density at radius 2 is 2.06 bits per heavy atom. The van der Waals surface area contributed by atoms with Crippen LogP contribution in [-0.2, 0) is 0 Å². The van der Waals surface area contributed by atoms with Crippen LogP contribution in [0, 0.1) is 12.7 Å². The summed E-state index contributed by atoms with van der Waals surface area (Å²) in [5.74, 6) is -0.191. The van der Waals surface area contributed by atoms with Crippen molar-refractivity contribution in [1.29, 1.82) is 0 Å². The molecule has 0 aliphatic rings. The van der Waals surface area contributed by atoms with Crippen LogP contribution in [0.15, 0.2) is 42.7 Å². The lowest BCUT2D eigenvalue weighted by Gasteiger charge is -2.16. The van der Waals surface area contributed by atoms with Crippen molar-refractivity contribution in [3.63, 3.8) is 0 Å². The Labute approximate surface area is 101 Å². The quantitative estimate of drug-likeness (QED) is 0.869. The van der Waals surface area contributed by atoms with E-state index in [-0.39, 0.29) is 11.9 Å². The van der Waals surface area contributed by atoms with Crippen molar-refractivity contribution in [2.45, 2.75) is 19.9 Å². The Hall–Kier alpha value is -1.90. The Balaban J connectivity index is 2.19. The van der Waals surface area contributed by atoms with E-state index in [0.717, 1.165) is 5.56 Å². The van der Waals surface area contributed by atoms with Crippen LogP contribution in [0.25, 0.3) is 0 Å². The van der Waals surface area contributed by atoms with E-state index in [1.807, 2.05) is 25.1 Å². The molecule has 0 spiro atoms. The Morgan fingerprint density at radius 3 is 2.76 bits per heavy atom. The van der Waals surface area contributed by atoms with Crippen LogP contribution in [0.4, 0.5) is 10.1 Å². The Morgan fingerprint density at radius 1 is 1.24 bits per heavy atom. The van der Waals surface area contributed by atoms with Gasteiger partial charge in [0.2, 0.25) is 0 Å². The predicted molar refractivity (Wildman–Crippen MR) is 67.4 cm³/mol. The van der Waals surface area contributed by atoms with Crippen LogP contribution in [0.3, 0.4) is 0 Å². The molecule has 0 amide bonds. The Bertz CT molecular complexity index is 497. The minimum atomic E-state index is -0.191. The lowest BCUT2D eigenvalue weighted by molar-refractivity contribution is 0.618. The van der Waals surface area contributed by atoms with Crippen LogP contribution in [0.2, 0.25) is 0 Å². The highest BCUT2D eigenvalue weighted by atomic mass is 19.1. The maximum atomic E-state index is 13.8. The first-order valence-electron chi connectivity index (χ1n) is 5.60. The van der Waals surface area contributed by atoms with Gasteiger partial charge in [0.25, 0.3) is 0 Å². The minimum Gasteiger partial charge on any atom is -0.376 e. The molecular formula is C14H15FN2. The first-order chi connectivity index (χ1) is 8.18. The molecule has 3 heteroatoms. The second-order valence-corrected chi connectivity index (χ2v) is 4.09.